The van der Waals surface area contributed by atoms with E-state index in [0.29, 0.717) is 32.4 Å². The van der Waals surface area contributed by atoms with Gasteiger partial charge in [0.05, 0.1) is 5.92 Å². The number of aryl methyl sites for hydroxylation is 1. The van der Waals surface area contributed by atoms with Crippen LogP contribution in [0.15, 0.2) is 36.4 Å². The summed E-state index contributed by atoms with van der Waals surface area (Å²) in [4.78, 5) is 22.2. The van der Waals surface area contributed by atoms with Crippen LogP contribution in [0.1, 0.15) is 49.2 Å². The Hall–Kier alpha value is -2.64. The molecule has 1 aromatic heterocycles. The highest BCUT2D eigenvalue weighted by molar-refractivity contribution is 5.83. The molecule has 0 unspecified atom stereocenters. The third kappa shape index (κ3) is 5.25. The summed E-state index contributed by atoms with van der Waals surface area (Å²) in [5.41, 5.74) is 0.0603. The summed E-state index contributed by atoms with van der Waals surface area (Å²) in [5, 5.41) is 3.11. The van der Waals surface area contributed by atoms with Crippen LogP contribution >= 0.6 is 0 Å². The third-order valence-corrected chi connectivity index (χ3v) is 5.21. The lowest BCUT2D eigenvalue weighted by molar-refractivity contribution is -0.141. The molecule has 0 spiro atoms. The second-order valence-corrected chi connectivity index (χ2v) is 7.30. The molecule has 0 bridgehead atoms. The van der Waals surface area contributed by atoms with Crippen LogP contribution in [0.4, 0.5) is 19.0 Å². The summed E-state index contributed by atoms with van der Waals surface area (Å²) >= 11 is 0. The Labute approximate surface area is 168 Å². The molecule has 1 aliphatic heterocycles. The van der Waals surface area contributed by atoms with Gasteiger partial charge in [-0.05, 0) is 31.7 Å². The number of rotatable bonds is 5. The van der Waals surface area contributed by atoms with Gasteiger partial charge in [0.25, 0.3) is 0 Å². The number of halogens is 3. The van der Waals surface area contributed by atoms with Crippen LogP contribution in [0.2, 0.25) is 0 Å². The highest BCUT2D eigenvalue weighted by Gasteiger charge is 2.34. The molecule has 5 nitrogen and oxygen atoms in total. The van der Waals surface area contributed by atoms with E-state index in [1.165, 1.54) is 6.92 Å². The number of hydrogen-bond acceptors (Lipinski definition) is 4. The summed E-state index contributed by atoms with van der Waals surface area (Å²) in [6.07, 6.45) is -2.49. The fourth-order valence-corrected chi connectivity index (χ4v) is 3.67. The first kappa shape index (κ1) is 21.1. The normalized spacial score (nSPS) is 16.5. The summed E-state index contributed by atoms with van der Waals surface area (Å²) in [7, 11) is 0. The lowest BCUT2D eigenvalue weighted by Crippen LogP contribution is -2.46. The Kier molecular flexibility index (Phi) is 6.39. The summed E-state index contributed by atoms with van der Waals surface area (Å²) < 4.78 is 39.0. The lowest BCUT2D eigenvalue weighted by atomic mass is 9.94. The predicted octanol–water partition coefficient (Wildman–Crippen LogP) is 4.08. The molecular weight excluding hydrogens is 381 g/mol. The number of amides is 1. The third-order valence-electron chi connectivity index (χ3n) is 5.21. The molecule has 0 radical (unpaired) electrons. The first-order chi connectivity index (χ1) is 13.8. The molecule has 0 saturated carbocycles. The number of piperidine rings is 1. The van der Waals surface area contributed by atoms with E-state index >= 15 is 0 Å². The standard InChI is InChI=1S/C21H25F3N4O/c1-3-17(15-7-5-4-6-8-15)20(29)27-16-9-11-28(12-10-16)19-13-18(21(22,23)24)25-14(2)26-19/h4-8,13,16-17H,3,9-12H2,1-2H3,(H,27,29)/t17-/m0/s1. The van der Waals surface area contributed by atoms with Gasteiger partial charge in [-0.2, -0.15) is 13.2 Å². The number of carbonyl (C=O) groups is 1. The van der Waals surface area contributed by atoms with Gasteiger partial charge < -0.3 is 10.2 Å². The molecule has 1 aromatic carbocycles. The molecule has 29 heavy (non-hydrogen) atoms. The largest absolute Gasteiger partial charge is 0.433 e. The van der Waals surface area contributed by atoms with Crippen LogP contribution in [-0.2, 0) is 11.0 Å². The maximum absolute atomic E-state index is 13.0. The van der Waals surface area contributed by atoms with Crippen molar-refractivity contribution < 1.29 is 18.0 Å². The molecule has 2 heterocycles. The van der Waals surface area contributed by atoms with Crippen molar-refractivity contribution in [1.29, 1.82) is 0 Å². The molecule has 8 heteroatoms. The van der Waals surface area contributed by atoms with Gasteiger partial charge in [-0.25, -0.2) is 9.97 Å². The maximum atomic E-state index is 13.0. The molecule has 1 amide bonds. The molecule has 2 aromatic rings. The van der Waals surface area contributed by atoms with Crippen molar-refractivity contribution in [2.24, 2.45) is 0 Å². The zero-order chi connectivity index (χ0) is 21.0. The minimum Gasteiger partial charge on any atom is -0.356 e. The molecule has 0 aliphatic carbocycles. The summed E-state index contributed by atoms with van der Waals surface area (Å²) in [5.74, 6) is 0.173. The van der Waals surface area contributed by atoms with Crippen molar-refractivity contribution in [3.8, 4) is 0 Å². The minimum atomic E-state index is -4.50. The lowest BCUT2D eigenvalue weighted by Gasteiger charge is -2.34. The van der Waals surface area contributed by atoms with E-state index < -0.39 is 11.9 Å². The Morgan fingerprint density at radius 3 is 2.45 bits per heavy atom. The quantitative estimate of drug-likeness (QED) is 0.813. The van der Waals surface area contributed by atoms with E-state index in [1.807, 2.05) is 42.2 Å². The number of anilines is 1. The number of alkyl halides is 3. The number of hydrogen-bond donors (Lipinski definition) is 1. The zero-order valence-corrected chi connectivity index (χ0v) is 16.5. The second-order valence-electron chi connectivity index (χ2n) is 7.30. The topological polar surface area (TPSA) is 58.1 Å². The van der Waals surface area contributed by atoms with Gasteiger partial charge in [0.2, 0.25) is 5.91 Å². The monoisotopic (exact) mass is 406 g/mol. The fourth-order valence-electron chi connectivity index (χ4n) is 3.67. The molecule has 1 aliphatic rings. The molecule has 1 N–H and O–H groups in total. The summed E-state index contributed by atoms with van der Waals surface area (Å²) in [6, 6.07) is 10.7. The average molecular weight is 406 g/mol. The molecule has 3 rings (SSSR count). The molecule has 1 atom stereocenters. The van der Waals surface area contributed by atoms with Crippen LogP contribution in [-0.4, -0.2) is 35.0 Å². The number of nitrogens with zero attached hydrogens (tertiary/aromatic N) is 3. The van der Waals surface area contributed by atoms with E-state index in [0.717, 1.165) is 11.6 Å². The van der Waals surface area contributed by atoms with Gasteiger partial charge in [0.15, 0.2) is 0 Å². The van der Waals surface area contributed by atoms with Crippen molar-refractivity contribution in [1.82, 2.24) is 15.3 Å². The van der Waals surface area contributed by atoms with E-state index in [4.69, 9.17) is 0 Å². The van der Waals surface area contributed by atoms with Crippen molar-refractivity contribution >= 4 is 11.7 Å². The van der Waals surface area contributed by atoms with Crippen molar-refractivity contribution in [2.45, 2.75) is 51.2 Å². The van der Waals surface area contributed by atoms with E-state index in [9.17, 15) is 18.0 Å². The zero-order valence-electron chi connectivity index (χ0n) is 16.5. The SMILES string of the molecule is CC[C@H](C(=O)NC1CCN(c2cc(C(F)(F)F)nc(C)n2)CC1)c1ccccc1. The fraction of sp³-hybridized carbons (Fsp3) is 0.476. The Balaban J connectivity index is 1.61. The van der Waals surface area contributed by atoms with E-state index in [-0.39, 0.29) is 29.5 Å². The number of aromatic nitrogens is 2. The first-order valence-electron chi connectivity index (χ1n) is 9.81. The second kappa shape index (κ2) is 8.80. The van der Waals surface area contributed by atoms with Crippen LogP contribution in [0, 0.1) is 6.92 Å². The van der Waals surface area contributed by atoms with Gasteiger partial charge in [-0.15, -0.1) is 0 Å². The highest BCUT2D eigenvalue weighted by atomic mass is 19.4. The number of benzene rings is 1. The smallest absolute Gasteiger partial charge is 0.356 e. The van der Waals surface area contributed by atoms with Crippen molar-refractivity contribution in [3.63, 3.8) is 0 Å². The Bertz CT molecular complexity index is 834. The van der Waals surface area contributed by atoms with Gasteiger partial charge >= 0.3 is 6.18 Å². The molecule has 156 valence electrons. The Morgan fingerprint density at radius 2 is 1.86 bits per heavy atom. The predicted molar refractivity (Wildman–Crippen MR) is 105 cm³/mol. The van der Waals surface area contributed by atoms with Crippen molar-refractivity contribution in [3.05, 3.63) is 53.5 Å². The van der Waals surface area contributed by atoms with Crippen LogP contribution < -0.4 is 10.2 Å². The van der Waals surface area contributed by atoms with Crippen LogP contribution in [0.5, 0.6) is 0 Å². The van der Waals surface area contributed by atoms with Gasteiger partial charge in [0.1, 0.15) is 17.3 Å². The maximum Gasteiger partial charge on any atom is 0.433 e. The van der Waals surface area contributed by atoms with E-state index in [2.05, 4.69) is 15.3 Å². The molecule has 1 saturated heterocycles. The molecule has 1 fully saturated rings. The Morgan fingerprint density at radius 1 is 1.21 bits per heavy atom. The van der Waals surface area contributed by atoms with Crippen LogP contribution in [0.3, 0.4) is 0 Å². The average Bonchev–Trinajstić information content (AvgIpc) is 2.69. The van der Waals surface area contributed by atoms with Gasteiger partial charge in [-0.3, -0.25) is 4.79 Å². The minimum absolute atomic E-state index is 0.00142. The van der Waals surface area contributed by atoms with Gasteiger partial charge in [0, 0.05) is 25.2 Å². The van der Waals surface area contributed by atoms with Crippen molar-refractivity contribution in [2.75, 3.05) is 18.0 Å². The number of nitrogens with one attached hydrogen (secondary N) is 1. The van der Waals surface area contributed by atoms with Gasteiger partial charge in [-0.1, -0.05) is 37.3 Å². The highest BCUT2D eigenvalue weighted by Crippen LogP contribution is 2.30. The summed E-state index contributed by atoms with van der Waals surface area (Å²) in [6.45, 7) is 4.50. The van der Waals surface area contributed by atoms with E-state index in [1.54, 1.807) is 0 Å². The van der Waals surface area contributed by atoms with Crippen LogP contribution in [0.25, 0.3) is 0 Å². The first-order valence-corrected chi connectivity index (χ1v) is 9.81. The number of carbonyl (C=O) groups excluding carboxylic acids is 1. The molecular formula is C21H25F3N4O.